The molecule has 1 amide bonds. The third kappa shape index (κ3) is 4.59. The molecule has 0 aromatic carbocycles. The van der Waals surface area contributed by atoms with Gasteiger partial charge in [0.15, 0.2) is 0 Å². The van der Waals surface area contributed by atoms with E-state index in [4.69, 9.17) is 14.3 Å². The number of carbonyl (C=O) groups excluding carboxylic acids is 1. The van der Waals surface area contributed by atoms with Crippen LogP contribution in [-0.2, 0) is 14.4 Å². The van der Waals surface area contributed by atoms with Crippen molar-refractivity contribution < 1.29 is 28.7 Å². The third-order valence-electron chi connectivity index (χ3n) is 1.74. The summed E-state index contributed by atoms with van der Waals surface area (Å²) in [4.78, 5) is 30.5. The number of hydrogen-bond acceptors (Lipinski definition) is 7. The molecule has 9 nitrogen and oxygen atoms in total. The van der Waals surface area contributed by atoms with E-state index in [9.17, 15) is 9.59 Å². The van der Waals surface area contributed by atoms with Crippen molar-refractivity contribution in [1.82, 2.24) is 4.98 Å². The highest BCUT2D eigenvalue weighted by Crippen LogP contribution is 2.12. The molecule has 0 aliphatic rings. The van der Waals surface area contributed by atoms with Gasteiger partial charge in [-0.05, 0) is 20.8 Å². The van der Waals surface area contributed by atoms with E-state index in [0.717, 1.165) is 6.26 Å². The number of aromatic nitrogens is 1. The lowest BCUT2D eigenvalue weighted by Crippen LogP contribution is -2.27. The van der Waals surface area contributed by atoms with E-state index in [1.54, 1.807) is 20.8 Å². The second kappa shape index (κ2) is 6.04. The largest absolute Gasteiger partial charge is 0.476 e. The molecule has 1 aromatic rings. The molecule has 110 valence electrons. The molecule has 1 heterocycles. The number of hydrogen-bond donors (Lipinski definition) is 2. The van der Waals surface area contributed by atoms with Gasteiger partial charge in [-0.2, -0.15) is 4.98 Å². The highest BCUT2D eigenvalue weighted by molar-refractivity contribution is 6.41. The number of carbonyl (C=O) groups is 2. The minimum Gasteiger partial charge on any atom is -0.476 e. The second-order valence-corrected chi connectivity index (χ2v) is 4.59. The molecule has 0 bridgehead atoms. The van der Waals surface area contributed by atoms with Gasteiger partial charge in [-0.1, -0.05) is 5.16 Å². The monoisotopic (exact) mass is 285 g/mol. The van der Waals surface area contributed by atoms with Crippen LogP contribution in [0.4, 0.5) is 10.8 Å². The molecular weight excluding hydrogens is 270 g/mol. The van der Waals surface area contributed by atoms with Crippen molar-refractivity contribution in [3.05, 3.63) is 12.0 Å². The summed E-state index contributed by atoms with van der Waals surface area (Å²) in [5.74, 6) is -1.34. The van der Waals surface area contributed by atoms with Crippen LogP contribution in [0.1, 0.15) is 26.5 Å². The number of aliphatic carboxylic acids is 1. The van der Waals surface area contributed by atoms with E-state index < -0.39 is 23.4 Å². The zero-order chi connectivity index (χ0) is 15.3. The number of oxime groups is 1. The standard InChI is InChI=1S/C11H15N3O6/c1-11(2,3)20-10(17)13-9-12-6(5-19-9)7(8(15)16)14-18-4/h5H,1-4H3,(H,15,16)(H,12,13,17)/b14-7-. The summed E-state index contributed by atoms with van der Waals surface area (Å²) in [6.07, 6.45) is 0.255. The van der Waals surface area contributed by atoms with Gasteiger partial charge >= 0.3 is 18.1 Å². The molecule has 0 saturated heterocycles. The van der Waals surface area contributed by atoms with Gasteiger partial charge in [0.05, 0.1) is 0 Å². The maximum atomic E-state index is 11.5. The van der Waals surface area contributed by atoms with Gasteiger partial charge in [-0.3, -0.25) is 0 Å². The number of amides is 1. The number of oxazole rings is 1. The highest BCUT2D eigenvalue weighted by atomic mass is 16.6. The summed E-state index contributed by atoms with van der Waals surface area (Å²) in [6, 6.07) is -0.209. The van der Waals surface area contributed by atoms with Gasteiger partial charge in [0, 0.05) is 0 Å². The van der Waals surface area contributed by atoms with E-state index in [1.165, 1.54) is 7.11 Å². The van der Waals surface area contributed by atoms with Crippen LogP contribution in [0.2, 0.25) is 0 Å². The lowest BCUT2D eigenvalue weighted by atomic mass is 10.2. The number of carboxylic acid groups (broad SMARTS) is 1. The first kappa shape index (κ1) is 15.5. The molecule has 9 heteroatoms. The van der Waals surface area contributed by atoms with Crippen molar-refractivity contribution in [2.75, 3.05) is 12.4 Å². The van der Waals surface area contributed by atoms with Crippen LogP contribution in [0.5, 0.6) is 0 Å². The van der Waals surface area contributed by atoms with Crippen LogP contribution in [0.3, 0.4) is 0 Å². The van der Waals surface area contributed by atoms with Crippen molar-refractivity contribution in [2.24, 2.45) is 5.16 Å². The van der Waals surface area contributed by atoms with Gasteiger partial charge in [-0.25, -0.2) is 14.9 Å². The number of anilines is 1. The second-order valence-electron chi connectivity index (χ2n) is 4.59. The first-order chi connectivity index (χ1) is 9.23. The van der Waals surface area contributed by atoms with Crippen LogP contribution in [0.25, 0.3) is 0 Å². The summed E-state index contributed by atoms with van der Waals surface area (Å²) < 4.78 is 9.89. The molecular formula is C11H15N3O6. The van der Waals surface area contributed by atoms with Crippen LogP contribution >= 0.6 is 0 Å². The molecule has 0 spiro atoms. The van der Waals surface area contributed by atoms with Gasteiger partial charge in [-0.15, -0.1) is 0 Å². The van der Waals surface area contributed by atoms with Crippen LogP contribution in [-0.4, -0.2) is 40.6 Å². The SMILES string of the molecule is CO/N=C(\C(=O)O)c1coc(NC(=O)OC(C)(C)C)n1. The molecule has 1 rings (SSSR count). The fraction of sp³-hybridized carbons (Fsp3) is 0.455. The fourth-order valence-corrected chi connectivity index (χ4v) is 1.12. The number of ether oxygens (including phenoxy) is 1. The lowest BCUT2D eigenvalue weighted by Gasteiger charge is -2.18. The summed E-state index contributed by atoms with van der Waals surface area (Å²) in [7, 11) is 1.20. The lowest BCUT2D eigenvalue weighted by molar-refractivity contribution is -0.129. The molecule has 0 atom stereocenters. The summed E-state index contributed by atoms with van der Waals surface area (Å²) >= 11 is 0. The van der Waals surface area contributed by atoms with Crippen LogP contribution in [0.15, 0.2) is 15.8 Å². The summed E-state index contributed by atoms with van der Waals surface area (Å²) in [5, 5.41) is 14.4. The summed E-state index contributed by atoms with van der Waals surface area (Å²) in [5.41, 5.74) is -1.22. The Morgan fingerprint density at radius 1 is 1.45 bits per heavy atom. The molecule has 1 aromatic heterocycles. The van der Waals surface area contributed by atoms with Crippen molar-refractivity contribution >= 4 is 23.8 Å². The molecule has 0 aliphatic heterocycles. The third-order valence-corrected chi connectivity index (χ3v) is 1.74. The van der Waals surface area contributed by atoms with E-state index in [1.807, 2.05) is 0 Å². The smallest absolute Gasteiger partial charge is 0.415 e. The Bertz CT molecular complexity index is 529. The van der Waals surface area contributed by atoms with Crippen LogP contribution in [0, 0.1) is 0 Å². The van der Waals surface area contributed by atoms with Crippen LogP contribution < -0.4 is 5.32 Å². The van der Waals surface area contributed by atoms with E-state index in [-0.39, 0.29) is 11.7 Å². The summed E-state index contributed by atoms with van der Waals surface area (Å²) in [6.45, 7) is 5.09. The Hall–Kier alpha value is -2.58. The Morgan fingerprint density at radius 2 is 2.10 bits per heavy atom. The minimum absolute atomic E-state index is 0.0922. The Balaban J connectivity index is 2.80. The van der Waals surface area contributed by atoms with E-state index in [0.29, 0.717) is 0 Å². The maximum absolute atomic E-state index is 11.5. The number of nitrogens with zero attached hydrogens (tertiary/aromatic N) is 2. The fourth-order valence-electron chi connectivity index (χ4n) is 1.12. The van der Waals surface area contributed by atoms with Gasteiger partial charge in [0.1, 0.15) is 24.7 Å². The zero-order valence-electron chi connectivity index (χ0n) is 11.5. The Labute approximate surface area is 114 Å². The first-order valence-electron chi connectivity index (χ1n) is 5.53. The molecule has 2 N–H and O–H groups in total. The first-order valence-corrected chi connectivity index (χ1v) is 5.53. The average Bonchev–Trinajstić information content (AvgIpc) is 2.70. The number of nitrogens with one attached hydrogen (secondary N) is 1. The van der Waals surface area contributed by atoms with E-state index in [2.05, 4.69) is 20.3 Å². The molecule has 0 aliphatic carbocycles. The Kier molecular flexibility index (Phi) is 4.68. The van der Waals surface area contributed by atoms with Gasteiger partial charge in [0.2, 0.25) is 5.71 Å². The van der Waals surface area contributed by atoms with Gasteiger partial charge in [0.25, 0.3) is 0 Å². The molecule has 0 unspecified atom stereocenters. The van der Waals surface area contributed by atoms with Crippen molar-refractivity contribution in [3.63, 3.8) is 0 Å². The highest BCUT2D eigenvalue weighted by Gasteiger charge is 2.21. The molecule has 0 saturated carbocycles. The minimum atomic E-state index is -1.34. The van der Waals surface area contributed by atoms with Crippen molar-refractivity contribution in [2.45, 2.75) is 26.4 Å². The average molecular weight is 285 g/mol. The predicted molar refractivity (Wildman–Crippen MR) is 67.5 cm³/mol. The predicted octanol–water partition coefficient (Wildman–Crippen LogP) is 1.46. The molecule has 0 radical (unpaired) electrons. The van der Waals surface area contributed by atoms with Crippen molar-refractivity contribution in [3.8, 4) is 0 Å². The topological polar surface area (TPSA) is 123 Å². The number of rotatable bonds is 4. The quantitative estimate of drug-likeness (QED) is 0.633. The molecule has 0 fully saturated rings. The van der Waals surface area contributed by atoms with Crippen molar-refractivity contribution in [1.29, 1.82) is 0 Å². The van der Waals surface area contributed by atoms with E-state index >= 15 is 0 Å². The maximum Gasteiger partial charge on any atom is 0.415 e. The molecule has 20 heavy (non-hydrogen) atoms. The normalized spacial score (nSPS) is 11.9. The van der Waals surface area contributed by atoms with Gasteiger partial charge < -0.3 is 19.1 Å². The number of carboxylic acids is 1. The Morgan fingerprint density at radius 3 is 2.60 bits per heavy atom. The zero-order valence-corrected chi connectivity index (χ0v) is 11.5.